The van der Waals surface area contributed by atoms with Gasteiger partial charge in [-0.25, -0.2) is 5.43 Å². The molecular formula is C22H22F3N3O3. The fourth-order valence-electron chi connectivity index (χ4n) is 3.51. The fraction of sp³-hybridized carbons (Fsp3) is 0.273. The number of aromatic nitrogens is 1. The molecule has 0 fully saturated rings. The summed E-state index contributed by atoms with van der Waals surface area (Å²) in [5, 5.41) is 24.2. The summed E-state index contributed by atoms with van der Waals surface area (Å²) >= 11 is 0. The van der Waals surface area contributed by atoms with E-state index in [4.69, 9.17) is 5.11 Å². The average Bonchev–Trinajstić information content (AvgIpc) is 2.96. The lowest BCUT2D eigenvalue weighted by molar-refractivity contribution is -0.137. The van der Waals surface area contributed by atoms with Gasteiger partial charge >= 0.3 is 6.18 Å². The largest absolute Gasteiger partial charge is 0.494 e. The van der Waals surface area contributed by atoms with Gasteiger partial charge in [0, 0.05) is 11.1 Å². The maximum Gasteiger partial charge on any atom is 0.416 e. The van der Waals surface area contributed by atoms with E-state index in [-0.39, 0.29) is 35.7 Å². The summed E-state index contributed by atoms with van der Waals surface area (Å²) in [6, 6.07) is 8.62. The quantitative estimate of drug-likeness (QED) is 0.417. The van der Waals surface area contributed by atoms with Crippen LogP contribution in [-0.4, -0.2) is 33.0 Å². The molecule has 1 aromatic heterocycles. The molecule has 164 valence electrons. The lowest BCUT2D eigenvalue weighted by Gasteiger charge is -2.11. The van der Waals surface area contributed by atoms with Gasteiger partial charge in [-0.3, -0.25) is 9.36 Å². The number of aliphatic hydroxyl groups excluding tert-OH is 1. The summed E-state index contributed by atoms with van der Waals surface area (Å²) in [6.07, 6.45) is -4.70. The third-order valence-electron chi connectivity index (χ3n) is 4.78. The summed E-state index contributed by atoms with van der Waals surface area (Å²) in [5.74, 6) is -0.823. The Morgan fingerprint density at radius 1 is 1.13 bits per heavy atom. The van der Waals surface area contributed by atoms with Crippen LogP contribution >= 0.6 is 0 Å². The van der Waals surface area contributed by atoms with Gasteiger partial charge in [0.1, 0.15) is 0 Å². The van der Waals surface area contributed by atoms with Gasteiger partial charge in [-0.2, -0.15) is 18.3 Å². The molecule has 3 N–H and O–H groups in total. The Bertz CT molecular complexity index is 1160. The zero-order chi connectivity index (χ0) is 22.9. The number of aromatic hydroxyl groups is 1. The van der Waals surface area contributed by atoms with E-state index in [1.165, 1.54) is 17.6 Å². The number of hydrazone groups is 1. The van der Waals surface area contributed by atoms with Gasteiger partial charge in [0.2, 0.25) is 11.8 Å². The topological polar surface area (TPSA) is 86.8 Å². The van der Waals surface area contributed by atoms with Crippen LogP contribution in [0.3, 0.4) is 0 Å². The first kappa shape index (κ1) is 22.4. The fourth-order valence-corrected chi connectivity index (χ4v) is 3.51. The number of amides is 1. The summed E-state index contributed by atoms with van der Waals surface area (Å²) in [5.41, 5.74) is 4.25. The molecule has 0 spiro atoms. The Kier molecular flexibility index (Phi) is 6.08. The summed E-state index contributed by atoms with van der Waals surface area (Å²) in [4.78, 5) is 11.6. The van der Waals surface area contributed by atoms with E-state index in [0.29, 0.717) is 11.1 Å². The van der Waals surface area contributed by atoms with Crippen molar-refractivity contribution < 1.29 is 28.2 Å². The molecule has 9 heteroatoms. The smallest absolute Gasteiger partial charge is 0.416 e. The maximum atomic E-state index is 13.4. The van der Waals surface area contributed by atoms with Crippen molar-refractivity contribution in [2.75, 3.05) is 6.61 Å². The van der Waals surface area contributed by atoms with E-state index >= 15 is 0 Å². The predicted octanol–water partition coefficient (Wildman–Crippen LogP) is 4.19. The van der Waals surface area contributed by atoms with Crippen molar-refractivity contribution >= 4 is 22.5 Å². The molecule has 3 aromatic rings. The van der Waals surface area contributed by atoms with Crippen LogP contribution < -0.4 is 5.43 Å². The van der Waals surface area contributed by atoms with Crippen molar-refractivity contribution in [1.29, 1.82) is 0 Å². The van der Waals surface area contributed by atoms with Crippen molar-refractivity contribution in [1.82, 2.24) is 9.99 Å². The number of halogens is 3. The predicted molar refractivity (Wildman–Crippen MR) is 111 cm³/mol. The van der Waals surface area contributed by atoms with Gasteiger partial charge in [0.05, 0.1) is 35.4 Å². The average molecular weight is 433 g/mol. The SMILES string of the molecule is CC(=NNC(=O)CCO)c1c(O)n(-c2cc(C)cc(C)c2)c2cc(C(F)(F)F)ccc12. The van der Waals surface area contributed by atoms with E-state index in [2.05, 4.69) is 10.5 Å². The van der Waals surface area contributed by atoms with Gasteiger partial charge in [-0.15, -0.1) is 0 Å². The minimum absolute atomic E-state index is 0.151. The van der Waals surface area contributed by atoms with Crippen LogP contribution in [0.25, 0.3) is 16.6 Å². The Labute approximate surface area is 176 Å². The molecule has 3 rings (SSSR count). The zero-order valence-electron chi connectivity index (χ0n) is 17.2. The minimum Gasteiger partial charge on any atom is -0.494 e. The van der Waals surface area contributed by atoms with Crippen LogP contribution in [0.15, 0.2) is 41.5 Å². The summed E-state index contributed by atoms with van der Waals surface area (Å²) < 4.78 is 41.4. The second-order valence-corrected chi connectivity index (χ2v) is 7.32. The molecule has 0 radical (unpaired) electrons. The van der Waals surface area contributed by atoms with E-state index in [1.54, 1.807) is 12.1 Å². The van der Waals surface area contributed by atoms with Crippen LogP contribution in [0.2, 0.25) is 0 Å². The molecule has 0 saturated carbocycles. The van der Waals surface area contributed by atoms with Crippen molar-refractivity contribution in [2.24, 2.45) is 5.10 Å². The van der Waals surface area contributed by atoms with E-state index in [0.717, 1.165) is 23.3 Å². The van der Waals surface area contributed by atoms with Crippen molar-refractivity contribution in [3.05, 3.63) is 58.7 Å². The van der Waals surface area contributed by atoms with Crippen LogP contribution in [0.1, 0.15) is 35.6 Å². The third-order valence-corrected chi connectivity index (χ3v) is 4.78. The normalized spacial score (nSPS) is 12.4. The molecule has 2 aromatic carbocycles. The number of alkyl halides is 3. The lowest BCUT2D eigenvalue weighted by Crippen LogP contribution is -2.20. The molecule has 0 saturated heterocycles. The van der Waals surface area contributed by atoms with Gasteiger partial charge in [-0.1, -0.05) is 12.1 Å². The number of hydrogen-bond donors (Lipinski definition) is 3. The van der Waals surface area contributed by atoms with Crippen LogP contribution in [-0.2, 0) is 11.0 Å². The van der Waals surface area contributed by atoms with Crippen LogP contribution in [0.5, 0.6) is 5.88 Å². The standard InChI is InChI=1S/C22H22F3N3O3/c1-12-8-13(2)10-16(9-12)28-18-11-15(22(23,24)25)4-5-17(18)20(21(28)31)14(3)26-27-19(30)6-7-29/h4-5,8-11,29,31H,6-7H2,1-3H3,(H,27,30). The molecule has 0 aliphatic rings. The highest BCUT2D eigenvalue weighted by atomic mass is 19.4. The van der Waals surface area contributed by atoms with Crippen LogP contribution in [0.4, 0.5) is 13.2 Å². The van der Waals surface area contributed by atoms with Crippen molar-refractivity contribution in [3.63, 3.8) is 0 Å². The number of fused-ring (bicyclic) bond motifs is 1. The molecule has 0 unspecified atom stereocenters. The van der Waals surface area contributed by atoms with Crippen molar-refractivity contribution in [2.45, 2.75) is 33.4 Å². The Morgan fingerprint density at radius 3 is 2.35 bits per heavy atom. The van der Waals surface area contributed by atoms with E-state index < -0.39 is 17.6 Å². The molecule has 0 bridgehead atoms. The third kappa shape index (κ3) is 4.56. The Morgan fingerprint density at radius 2 is 1.77 bits per heavy atom. The number of aryl methyl sites for hydroxylation is 2. The van der Waals surface area contributed by atoms with Crippen molar-refractivity contribution in [3.8, 4) is 11.6 Å². The van der Waals surface area contributed by atoms with Gasteiger partial charge in [0.15, 0.2) is 0 Å². The highest BCUT2D eigenvalue weighted by molar-refractivity contribution is 6.13. The minimum atomic E-state index is -4.55. The molecule has 0 atom stereocenters. The number of carbonyl (C=O) groups excluding carboxylic acids is 1. The highest BCUT2D eigenvalue weighted by Crippen LogP contribution is 2.39. The number of rotatable bonds is 5. The second-order valence-electron chi connectivity index (χ2n) is 7.32. The molecule has 31 heavy (non-hydrogen) atoms. The number of nitrogens with zero attached hydrogens (tertiary/aromatic N) is 2. The zero-order valence-corrected chi connectivity index (χ0v) is 17.2. The van der Waals surface area contributed by atoms with Gasteiger partial charge in [-0.05, 0) is 56.2 Å². The van der Waals surface area contributed by atoms with Gasteiger partial charge in [0.25, 0.3) is 0 Å². The molecule has 1 amide bonds. The first-order chi connectivity index (χ1) is 14.5. The second kappa shape index (κ2) is 8.43. The monoisotopic (exact) mass is 433 g/mol. The number of hydrogen-bond acceptors (Lipinski definition) is 4. The lowest BCUT2D eigenvalue weighted by atomic mass is 10.1. The molecule has 1 heterocycles. The Hall–Kier alpha value is -3.33. The maximum absolute atomic E-state index is 13.4. The van der Waals surface area contributed by atoms with Gasteiger partial charge < -0.3 is 10.2 Å². The molecule has 6 nitrogen and oxygen atoms in total. The molecule has 0 aliphatic carbocycles. The first-order valence-electron chi connectivity index (χ1n) is 9.50. The van der Waals surface area contributed by atoms with Crippen LogP contribution in [0, 0.1) is 13.8 Å². The highest BCUT2D eigenvalue weighted by Gasteiger charge is 2.32. The summed E-state index contributed by atoms with van der Waals surface area (Å²) in [7, 11) is 0. The number of aliphatic hydroxyl groups is 1. The number of nitrogens with one attached hydrogen (secondary N) is 1. The molecule has 0 aliphatic heterocycles. The Balaban J connectivity index is 2.28. The first-order valence-corrected chi connectivity index (χ1v) is 9.50. The number of benzene rings is 2. The van der Waals surface area contributed by atoms with E-state index in [9.17, 15) is 23.1 Å². The molecular weight excluding hydrogens is 411 g/mol. The summed E-state index contributed by atoms with van der Waals surface area (Å²) in [6.45, 7) is 4.88. The number of carbonyl (C=O) groups is 1. The van der Waals surface area contributed by atoms with E-state index in [1.807, 2.05) is 19.9 Å².